The lowest BCUT2D eigenvalue weighted by Crippen LogP contribution is -2.40. The van der Waals surface area contributed by atoms with Crippen molar-refractivity contribution in [1.82, 2.24) is 10.2 Å². The molecule has 104 valence electrons. The highest BCUT2D eigenvalue weighted by molar-refractivity contribution is 5.21. The van der Waals surface area contributed by atoms with Gasteiger partial charge < -0.3 is 5.32 Å². The van der Waals surface area contributed by atoms with Gasteiger partial charge in [0.05, 0.1) is 0 Å². The van der Waals surface area contributed by atoms with Crippen molar-refractivity contribution in [1.29, 1.82) is 0 Å². The van der Waals surface area contributed by atoms with Gasteiger partial charge in [-0.3, -0.25) is 4.90 Å². The van der Waals surface area contributed by atoms with Crippen LogP contribution in [0.15, 0.2) is 24.3 Å². The van der Waals surface area contributed by atoms with E-state index in [1.54, 1.807) is 0 Å². The second kappa shape index (κ2) is 6.06. The van der Waals surface area contributed by atoms with Gasteiger partial charge in [0.2, 0.25) is 0 Å². The molecule has 0 radical (unpaired) electrons. The molecular formula is C17H26N2. The van der Waals surface area contributed by atoms with E-state index in [0.29, 0.717) is 0 Å². The van der Waals surface area contributed by atoms with Crippen molar-refractivity contribution in [3.63, 3.8) is 0 Å². The fourth-order valence-corrected chi connectivity index (χ4v) is 3.58. The van der Waals surface area contributed by atoms with Crippen LogP contribution in [0.3, 0.4) is 0 Å². The van der Waals surface area contributed by atoms with Gasteiger partial charge in [-0.15, -0.1) is 0 Å². The van der Waals surface area contributed by atoms with Crippen LogP contribution >= 0.6 is 0 Å². The minimum Gasteiger partial charge on any atom is -0.314 e. The topological polar surface area (TPSA) is 15.3 Å². The fraction of sp³-hybridized carbons (Fsp3) is 0.647. The number of likely N-dealkylation sites (tertiary alicyclic amines) is 1. The first kappa shape index (κ1) is 13.1. The Hall–Kier alpha value is -0.860. The molecule has 2 heteroatoms. The van der Waals surface area contributed by atoms with Crippen LogP contribution in [-0.2, 0) is 6.54 Å². The molecule has 0 bridgehead atoms. The number of piperidine rings is 1. The molecule has 2 aliphatic rings. The van der Waals surface area contributed by atoms with Gasteiger partial charge in [0.15, 0.2) is 0 Å². The van der Waals surface area contributed by atoms with E-state index >= 15 is 0 Å². The van der Waals surface area contributed by atoms with E-state index in [9.17, 15) is 0 Å². The van der Waals surface area contributed by atoms with Crippen LogP contribution in [0.5, 0.6) is 0 Å². The molecule has 0 aromatic heterocycles. The maximum Gasteiger partial charge on any atom is 0.0233 e. The Balaban J connectivity index is 1.48. The molecule has 0 amide bonds. The van der Waals surface area contributed by atoms with Crippen LogP contribution in [0, 0.1) is 12.8 Å². The van der Waals surface area contributed by atoms with Crippen LogP contribution in [0.25, 0.3) is 0 Å². The smallest absolute Gasteiger partial charge is 0.0233 e. The van der Waals surface area contributed by atoms with Gasteiger partial charge in [-0.05, 0) is 63.7 Å². The molecule has 2 heterocycles. The van der Waals surface area contributed by atoms with Gasteiger partial charge in [0, 0.05) is 12.6 Å². The van der Waals surface area contributed by atoms with Crippen molar-refractivity contribution in [2.75, 3.05) is 19.6 Å². The molecule has 19 heavy (non-hydrogen) atoms. The summed E-state index contributed by atoms with van der Waals surface area (Å²) in [4.78, 5) is 2.62. The predicted octanol–water partition coefficient (Wildman–Crippen LogP) is 2.96. The Morgan fingerprint density at radius 3 is 2.47 bits per heavy atom. The van der Waals surface area contributed by atoms with E-state index in [4.69, 9.17) is 0 Å². The highest BCUT2D eigenvalue weighted by atomic mass is 15.1. The number of nitrogens with one attached hydrogen (secondary N) is 1. The summed E-state index contributed by atoms with van der Waals surface area (Å²) >= 11 is 0. The molecule has 3 rings (SSSR count). The van der Waals surface area contributed by atoms with Crippen molar-refractivity contribution in [3.8, 4) is 0 Å². The monoisotopic (exact) mass is 258 g/mol. The molecule has 1 aromatic carbocycles. The summed E-state index contributed by atoms with van der Waals surface area (Å²) in [7, 11) is 0. The van der Waals surface area contributed by atoms with E-state index in [0.717, 1.165) is 18.5 Å². The van der Waals surface area contributed by atoms with Gasteiger partial charge in [0.25, 0.3) is 0 Å². The average molecular weight is 258 g/mol. The molecule has 1 atom stereocenters. The number of hydrogen-bond donors (Lipinski definition) is 1. The lowest BCUT2D eigenvalue weighted by atomic mass is 9.88. The van der Waals surface area contributed by atoms with Crippen molar-refractivity contribution in [2.45, 2.75) is 45.2 Å². The average Bonchev–Trinajstić information content (AvgIpc) is 2.96. The van der Waals surface area contributed by atoms with Crippen LogP contribution in [0.2, 0.25) is 0 Å². The Morgan fingerprint density at radius 2 is 1.84 bits per heavy atom. The second-order valence-electron chi connectivity index (χ2n) is 6.30. The lowest BCUT2D eigenvalue weighted by Gasteiger charge is -2.34. The van der Waals surface area contributed by atoms with Crippen molar-refractivity contribution >= 4 is 0 Å². The summed E-state index contributed by atoms with van der Waals surface area (Å²) < 4.78 is 0. The summed E-state index contributed by atoms with van der Waals surface area (Å²) in [6.45, 7) is 7.08. The SMILES string of the molecule is Cc1ccc(CN2CCC(C3CCCN3)CC2)cc1. The number of hydrogen-bond acceptors (Lipinski definition) is 2. The van der Waals surface area contributed by atoms with E-state index < -0.39 is 0 Å². The fourth-order valence-electron chi connectivity index (χ4n) is 3.58. The molecule has 1 aromatic rings. The van der Waals surface area contributed by atoms with E-state index in [-0.39, 0.29) is 0 Å². The highest BCUT2D eigenvalue weighted by Gasteiger charge is 2.28. The molecule has 2 fully saturated rings. The van der Waals surface area contributed by atoms with Gasteiger partial charge in [0.1, 0.15) is 0 Å². The Morgan fingerprint density at radius 1 is 1.11 bits per heavy atom. The van der Waals surface area contributed by atoms with Crippen molar-refractivity contribution < 1.29 is 0 Å². The number of aryl methyl sites for hydroxylation is 1. The standard InChI is InChI=1S/C17H26N2/c1-14-4-6-15(7-5-14)13-19-11-8-16(9-12-19)17-3-2-10-18-17/h4-7,16-18H,2-3,8-13H2,1H3. The first-order valence-corrected chi connectivity index (χ1v) is 7.82. The zero-order valence-corrected chi connectivity index (χ0v) is 12.1. The van der Waals surface area contributed by atoms with Gasteiger partial charge in [-0.1, -0.05) is 29.8 Å². The zero-order valence-electron chi connectivity index (χ0n) is 12.1. The third kappa shape index (κ3) is 3.37. The molecule has 2 aliphatic heterocycles. The summed E-state index contributed by atoms with van der Waals surface area (Å²) in [5.74, 6) is 0.928. The maximum absolute atomic E-state index is 3.68. The summed E-state index contributed by atoms with van der Waals surface area (Å²) in [5, 5.41) is 3.68. The van der Waals surface area contributed by atoms with Gasteiger partial charge >= 0.3 is 0 Å². The highest BCUT2D eigenvalue weighted by Crippen LogP contribution is 2.26. The van der Waals surface area contributed by atoms with Gasteiger partial charge in [-0.25, -0.2) is 0 Å². The molecule has 0 spiro atoms. The zero-order chi connectivity index (χ0) is 13.1. The summed E-state index contributed by atoms with van der Waals surface area (Å²) in [5.41, 5.74) is 2.82. The predicted molar refractivity (Wildman–Crippen MR) is 80.2 cm³/mol. The minimum absolute atomic E-state index is 0.821. The van der Waals surface area contributed by atoms with E-state index in [1.807, 2.05) is 0 Å². The van der Waals surface area contributed by atoms with Crippen molar-refractivity contribution in [2.24, 2.45) is 5.92 Å². The largest absolute Gasteiger partial charge is 0.314 e. The first-order valence-electron chi connectivity index (χ1n) is 7.82. The van der Waals surface area contributed by atoms with Crippen molar-refractivity contribution in [3.05, 3.63) is 35.4 Å². The Labute approximate surface area is 117 Å². The second-order valence-corrected chi connectivity index (χ2v) is 6.30. The third-order valence-corrected chi connectivity index (χ3v) is 4.83. The number of rotatable bonds is 3. The Kier molecular flexibility index (Phi) is 4.19. The van der Waals surface area contributed by atoms with Crippen LogP contribution in [0.4, 0.5) is 0 Å². The van der Waals surface area contributed by atoms with Crippen LogP contribution < -0.4 is 5.32 Å². The maximum atomic E-state index is 3.68. The van der Waals surface area contributed by atoms with E-state index in [1.165, 1.54) is 56.4 Å². The quantitative estimate of drug-likeness (QED) is 0.896. The third-order valence-electron chi connectivity index (χ3n) is 4.83. The molecule has 0 saturated carbocycles. The molecular weight excluding hydrogens is 232 g/mol. The summed E-state index contributed by atoms with van der Waals surface area (Å²) in [6.07, 6.45) is 5.55. The number of nitrogens with zero attached hydrogens (tertiary/aromatic N) is 1. The lowest BCUT2D eigenvalue weighted by molar-refractivity contribution is 0.157. The number of benzene rings is 1. The van der Waals surface area contributed by atoms with E-state index in [2.05, 4.69) is 41.4 Å². The first-order chi connectivity index (χ1) is 9.31. The molecule has 2 nitrogen and oxygen atoms in total. The molecule has 1 unspecified atom stereocenters. The molecule has 2 saturated heterocycles. The normalized spacial score (nSPS) is 25.8. The summed E-state index contributed by atoms with van der Waals surface area (Å²) in [6, 6.07) is 9.83. The van der Waals surface area contributed by atoms with Gasteiger partial charge in [-0.2, -0.15) is 0 Å². The minimum atomic E-state index is 0.821. The van der Waals surface area contributed by atoms with Crippen LogP contribution in [0.1, 0.15) is 36.8 Å². The Bertz CT molecular complexity index is 384. The molecule has 0 aliphatic carbocycles. The molecule has 1 N–H and O–H groups in total. The van der Waals surface area contributed by atoms with Crippen LogP contribution in [-0.4, -0.2) is 30.6 Å².